The molecule has 3 atom stereocenters. The summed E-state index contributed by atoms with van der Waals surface area (Å²) in [7, 11) is 0. The van der Waals surface area contributed by atoms with Gasteiger partial charge in [0.1, 0.15) is 11.8 Å². The van der Waals surface area contributed by atoms with Crippen molar-refractivity contribution in [1.29, 1.82) is 0 Å². The van der Waals surface area contributed by atoms with Gasteiger partial charge in [-0.3, -0.25) is 33.9 Å². The Morgan fingerprint density at radius 3 is 2.29 bits per heavy atom. The van der Waals surface area contributed by atoms with E-state index in [0.29, 0.717) is 26.2 Å². The molecular formula is C29H21ClN4O6S2. The Bertz CT molecular complexity index is 1800. The second-order valence-electron chi connectivity index (χ2n) is 9.92. The minimum Gasteiger partial charge on any atom is -0.325 e. The Kier molecular flexibility index (Phi) is 7.21. The van der Waals surface area contributed by atoms with Crippen molar-refractivity contribution in [3.8, 4) is 0 Å². The molecule has 13 heteroatoms. The van der Waals surface area contributed by atoms with Crippen LogP contribution in [0.3, 0.4) is 0 Å². The lowest BCUT2D eigenvalue weighted by molar-refractivity contribution is -0.384. The molecule has 0 spiro atoms. The number of benzene rings is 3. The number of halogens is 1. The molecule has 0 saturated carbocycles. The molecule has 0 bridgehead atoms. The average molecular weight is 621 g/mol. The van der Waals surface area contributed by atoms with Gasteiger partial charge < -0.3 is 5.32 Å². The summed E-state index contributed by atoms with van der Waals surface area (Å²) >= 11 is 8.17. The number of aryl methyl sites for hydroxylation is 1. The van der Waals surface area contributed by atoms with E-state index >= 15 is 0 Å². The van der Waals surface area contributed by atoms with Gasteiger partial charge in [-0.2, -0.15) is 0 Å². The zero-order valence-electron chi connectivity index (χ0n) is 21.9. The van der Waals surface area contributed by atoms with Crippen molar-refractivity contribution in [3.63, 3.8) is 0 Å². The second-order valence-corrected chi connectivity index (χ2v) is 12.5. The minimum atomic E-state index is -0.888. The Labute approximate surface area is 252 Å². The van der Waals surface area contributed by atoms with E-state index in [2.05, 4.69) is 5.32 Å². The van der Waals surface area contributed by atoms with Crippen LogP contribution in [-0.2, 0) is 20.9 Å². The van der Waals surface area contributed by atoms with Crippen molar-refractivity contribution in [2.24, 2.45) is 5.92 Å². The highest BCUT2D eigenvalue weighted by molar-refractivity contribution is 8.00. The lowest BCUT2D eigenvalue weighted by Crippen LogP contribution is -2.33. The molecule has 0 aliphatic carbocycles. The van der Waals surface area contributed by atoms with Gasteiger partial charge in [0.15, 0.2) is 0 Å². The summed E-state index contributed by atoms with van der Waals surface area (Å²) in [5.74, 6) is -2.88. The van der Waals surface area contributed by atoms with Crippen LogP contribution >= 0.6 is 34.7 Å². The van der Waals surface area contributed by atoms with Crippen LogP contribution in [-0.4, -0.2) is 32.5 Å². The summed E-state index contributed by atoms with van der Waals surface area (Å²) < 4.78 is 1.35. The number of nitro benzene ring substituents is 1. The number of imide groups is 1. The Balaban J connectivity index is 1.39. The van der Waals surface area contributed by atoms with E-state index in [1.165, 1.54) is 28.8 Å². The van der Waals surface area contributed by atoms with Gasteiger partial charge in [0.25, 0.3) is 5.69 Å². The number of non-ortho nitro benzene ring substituents is 1. The Hall–Kier alpha value is -4.26. The maximum absolute atomic E-state index is 13.9. The molecule has 3 heterocycles. The van der Waals surface area contributed by atoms with Gasteiger partial charge in [0, 0.05) is 33.6 Å². The number of hydrogen-bond donors (Lipinski definition) is 1. The first-order valence-corrected chi connectivity index (χ1v) is 14.8. The van der Waals surface area contributed by atoms with Gasteiger partial charge in [0.05, 0.1) is 21.6 Å². The smallest absolute Gasteiger partial charge is 0.308 e. The van der Waals surface area contributed by atoms with Crippen molar-refractivity contribution in [1.82, 2.24) is 4.57 Å². The summed E-state index contributed by atoms with van der Waals surface area (Å²) in [4.78, 5) is 65.8. The molecule has 42 heavy (non-hydrogen) atoms. The first kappa shape index (κ1) is 27.9. The number of rotatable bonds is 6. The average Bonchev–Trinajstić information content (AvgIpc) is 3.41. The molecule has 0 radical (unpaired) electrons. The van der Waals surface area contributed by atoms with Crippen molar-refractivity contribution < 1.29 is 19.3 Å². The van der Waals surface area contributed by atoms with Crippen molar-refractivity contribution >= 4 is 69.5 Å². The number of nitro groups is 1. The molecule has 2 unspecified atom stereocenters. The van der Waals surface area contributed by atoms with Gasteiger partial charge in [-0.05, 0) is 48.9 Å². The number of carbonyl (C=O) groups is 3. The van der Waals surface area contributed by atoms with E-state index in [0.717, 1.165) is 33.6 Å². The summed E-state index contributed by atoms with van der Waals surface area (Å²) in [6.45, 7) is 1.66. The molecular weight excluding hydrogens is 600 g/mol. The maximum Gasteiger partial charge on any atom is 0.308 e. The van der Waals surface area contributed by atoms with E-state index in [1.807, 2.05) is 19.1 Å². The molecule has 2 aliphatic heterocycles. The van der Waals surface area contributed by atoms with Crippen LogP contribution in [0, 0.1) is 23.0 Å². The van der Waals surface area contributed by atoms with E-state index in [9.17, 15) is 29.3 Å². The fourth-order valence-corrected chi connectivity index (χ4v) is 8.14. The van der Waals surface area contributed by atoms with Crippen molar-refractivity contribution in [2.75, 3.05) is 10.2 Å². The number of amides is 3. The molecule has 3 aromatic carbocycles. The summed E-state index contributed by atoms with van der Waals surface area (Å²) in [6, 6.07) is 19.3. The molecule has 1 N–H and O–H groups in total. The summed E-state index contributed by atoms with van der Waals surface area (Å²) in [5, 5.41) is 14.0. The van der Waals surface area contributed by atoms with E-state index < -0.39 is 39.7 Å². The molecule has 4 aromatic rings. The van der Waals surface area contributed by atoms with Gasteiger partial charge in [-0.25, -0.2) is 4.90 Å². The molecule has 10 nitrogen and oxygen atoms in total. The van der Waals surface area contributed by atoms with Gasteiger partial charge in [-0.15, -0.1) is 0 Å². The largest absolute Gasteiger partial charge is 0.325 e. The van der Waals surface area contributed by atoms with Crippen LogP contribution in [0.25, 0.3) is 0 Å². The van der Waals surface area contributed by atoms with Gasteiger partial charge >= 0.3 is 4.87 Å². The predicted molar refractivity (Wildman–Crippen MR) is 160 cm³/mol. The number of hydrogen-bond acceptors (Lipinski definition) is 8. The number of aromatic nitrogens is 1. The van der Waals surface area contributed by atoms with Crippen LogP contribution in [0.15, 0.2) is 82.6 Å². The Morgan fingerprint density at radius 2 is 1.64 bits per heavy atom. The highest BCUT2D eigenvalue weighted by Gasteiger charge is 2.56. The highest BCUT2D eigenvalue weighted by Crippen LogP contribution is 2.54. The first-order chi connectivity index (χ1) is 20.1. The summed E-state index contributed by atoms with van der Waals surface area (Å²) in [5.41, 5.74) is 2.37. The SMILES string of the molecule is Cc1ccc(NC(=O)Cn2c3c(sc2=O)[C@@H](c2ccc(Cl)cc2)C2C(=O)N(c4ccc([N+](=O)[O-])cc4)C(=O)C2S3)cc1. The number of thiazole rings is 1. The monoisotopic (exact) mass is 620 g/mol. The standard InChI is InChI=1S/C29H21ClN4O6S2/c1-15-2-8-18(9-3-15)31-21(35)14-32-28-25(42-29(32)38)22(16-4-6-17(30)7-5-16)23-24(41-28)27(37)33(26(23)36)19-10-12-20(13-11-19)34(39)40/h2-13,22-24H,14H2,1H3,(H,31,35)/t22-,23?,24?/m0/s1. The van der Waals surface area contributed by atoms with Crippen molar-refractivity contribution in [2.45, 2.75) is 29.7 Å². The molecule has 212 valence electrons. The zero-order chi connectivity index (χ0) is 29.7. The lowest BCUT2D eigenvalue weighted by atomic mass is 9.83. The van der Waals surface area contributed by atoms with Crippen LogP contribution in [0.1, 0.15) is 21.9 Å². The maximum atomic E-state index is 13.9. The third kappa shape index (κ3) is 4.91. The van der Waals surface area contributed by atoms with E-state index in [4.69, 9.17) is 11.6 Å². The first-order valence-electron chi connectivity index (χ1n) is 12.8. The Morgan fingerprint density at radius 1 is 0.976 bits per heavy atom. The van der Waals surface area contributed by atoms with E-state index in [-0.39, 0.29) is 22.8 Å². The van der Waals surface area contributed by atoms with Gasteiger partial charge in [0.2, 0.25) is 17.7 Å². The number of nitrogens with one attached hydrogen (secondary N) is 1. The minimum absolute atomic E-state index is 0.168. The van der Waals surface area contributed by atoms with Crippen LogP contribution in [0.5, 0.6) is 0 Å². The number of nitrogens with zero attached hydrogens (tertiary/aromatic N) is 3. The zero-order valence-corrected chi connectivity index (χ0v) is 24.2. The fourth-order valence-electron chi connectivity index (χ4n) is 5.24. The number of anilines is 2. The molecule has 3 amide bonds. The topological polar surface area (TPSA) is 132 Å². The molecule has 1 saturated heterocycles. The van der Waals surface area contributed by atoms with Crippen LogP contribution in [0.2, 0.25) is 5.02 Å². The molecule has 2 aliphatic rings. The van der Waals surface area contributed by atoms with Crippen LogP contribution < -0.4 is 15.1 Å². The lowest BCUT2D eigenvalue weighted by Gasteiger charge is -2.30. The van der Waals surface area contributed by atoms with Crippen molar-refractivity contribution in [3.05, 3.63) is 114 Å². The second kappa shape index (κ2) is 10.9. The normalized spacial score (nSPS) is 19.4. The fraction of sp³-hybridized carbons (Fsp3) is 0.172. The number of thioether (sulfide) groups is 1. The van der Waals surface area contributed by atoms with Crippen LogP contribution in [0.4, 0.5) is 17.1 Å². The van der Waals surface area contributed by atoms with E-state index in [1.54, 1.807) is 36.4 Å². The third-order valence-electron chi connectivity index (χ3n) is 7.23. The molecule has 1 fully saturated rings. The molecule has 6 rings (SSSR count). The third-order valence-corrected chi connectivity index (χ3v) is 10.1. The molecule has 1 aromatic heterocycles. The van der Waals surface area contributed by atoms with Gasteiger partial charge in [-0.1, -0.05) is 64.5 Å². The number of fused-ring (bicyclic) bond motifs is 2. The number of carbonyl (C=O) groups excluding carboxylic acids is 3. The summed E-state index contributed by atoms with van der Waals surface area (Å²) in [6.07, 6.45) is 0. The highest BCUT2D eigenvalue weighted by atomic mass is 35.5. The predicted octanol–water partition coefficient (Wildman–Crippen LogP) is 5.21. The quantitative estimate of drug-likeness (QED) is 0.178.